The molecule has 80 valence electrons. The van der Waals surface area contributed by atoms with Crippen LogP contribution in [-0.2, 0) is 0 Å². The highest BCUT2D eigenvalue weighted by molar-refractivity contribution is 7.71. The lowest BCUT2D eigenvalue weighted by Gasteiger charge is -1.96. The van der Waals surface area contributed by atoms with Gasteiger partial charge in [-0.05, 0) is 23.8 Å². The highest BCUT2D eigenvalue weighted by Gasteiger charge is 1.92. The molecule has 0 bridgehead atoms. The number of pyridine rings is 2. The van der Waals surface area contributed by atoms with E-state index < -0.39 is 0 Å². The highest BCUT2D eigenvalue weighted by Crippen LogP contribution is 2.11. The van der Waals surface area contributed by atoms with Crippen LogP contribution in [0.3, 0.4) is 0 Å². The van der Waals surface area contributed by atoms with Crippen molar-refractivity contribution in [3.8, 4) is 0 Å². The summed E-state index contributed by atoms with van der Waals surface area (Å²) in [5, 5.41) is 0.545. The highest BCUT2D eigenvalue weighted by atomic mass is 35.5. The van der Waals surface area contributed by atoms with E-state index in [2.05, 4.69) is 9.97 Å². The van der Waals surface area contributed by atoms with Gasteiger partial charge >= 0.3 is 0 Å². The van der Waals surface area contributed by atoms with E-state index in [1.54, 1.807) is 18.5 Å². The average molecular weight is 249 g/mol. The number of H-pyrrole nitrogens is 1. The van der Waals surface area contributed by atoms with Crippen molar-refractivity contribution < 1.29 is 0 Å². The smallest absolute Gasteiger partial charge is 0.111 e. The fraction of sp³-hybridized carbons (Fsp3) is 0. The Morgan fingerprint density at radius 1 is 1.25 bits per heavy atom. The second-order valence-electron chi connectivity index (χ2n) is 3.21. The van der Waals surface area contributed by atoms with Crippen molar-refractivity contribution in [2.75, 3.05) is 0 Å². The first kappa shape index (κ1) is 11.0. The Bertz CT molecular complexity index is 561. The first-order valence-corrected chi connectivity index (χ1v) is 5.51. The number of aromatic nitrogens is 2. The Hall–Kier alpha value is -1.45. The van der Waals surface area contributed by atoms with Crippen LogP contribution >= 0.6 is 23.8 Å². The van der Waals surface area contributed by atoms with Crippen molar-refractivity contribution in [2.45, 2.75) is 0 Å². The molecule has 0 saturated carbocycles. The Kier molecular flexibility index (Phi) is 3.49. The summed E-state index contributed by atoms with van der Waals surface area (Å²) >= 11 is 10.9. The topological polar surface area (TPSA) is 28.7 Å². The molecule has 2 rings (SSSR count). The lowest BCUT2D eigenvalue weighted by molar-refractivity contribution is 1.29. The number of halogens is 1. The van der Waals surface area contributed by atoms with Crippen molar-refractivity contribution in [2.24, 2.45) is 0 Å². The molecule has 0 aromatic carbocycles. The maximum absolute atomic E-state index is 5.78. The Balaban J connectivity index is 2.28. The molecule has 0 spiro atoms. The molecule has 2 heterocycles. The number of hydrogen-bond donors (Lipinski definition) is 1. The van der Waals surface area contributed by atoms with Gasteiger partial charge in [-0.1, -0.05) is 42.0 Å². The van der Waals surface area contributed by atoms with Crippen LogP contribution in [0.15, 0.2) is 36.7 Å². The van der Waals surface area contributed by atoms with Crippen LogP contribution < -0.4 is 0 Å². The fourth-order valence-corrected chi connectivity index (χ4v) is 1.71. The summed E-state index contributed by atoms with van der Waals surface area (Å²) in [4.78, 5) is 6.92. The monoisotopic (exact) mass is 248 g/mol. The molecular formula is C12H9ClN2S. The van der Waals surface area contributed by atoms with E-state index in [0.717, 1.165) is 11.1 Å². The van der Waals surface area contributed by atoms with Gasteiger partial charge in [-0.2, -0.15) is 0 Å². The van der Waals surface area contributed by atoms with Gasteiger partial charge in [0.05, 0.1) is 0 Å². The van der Waals surface area contributed by atoms with Crippen LogP contribution in [0.5, 0.6) is 0 Å². The van der Waals surface area contributed by atoms with Gasteiger partial charge in [0.1, 0.15) is 9.79 Å². The van der Waals surface area contributed by atoms with E-state index in [9.17, 15) is 0 Å². The summed E-state index contributed by atoms with van der Waals surface area (Å²) in [5.74, 6) is 0. The van der Waals surface area contributed by atoms with Gasteiger partial charge in [0.2, 0.25) is 0 Å². The van der Waals surface area contributed by atoms with Crippen LogP contribution in [0, 0.1) is 4.64 Å². The molecule has 2 aromatic rings. The molecule has 1 N–H and O–H groups in total. The molecule has 0 amide bonds. The van der Waals surface area contributed by atoms with E-state index in [1.807, 2.05) is 30.4 Å². The molecule has 0 radical (unpaired) electrons. The van der Waals surface area contributed by atoms with Crippen LogP contribution in [-0.4, -0.2) is 9.97 Å². The second kappa shape index (κ2) is 5.05. The molecule has 0 unspecified atom stereocenters. The molecule has 0 aliphatic carbocycles. The zero-order chi connectivity index (χ0) is 11.4. The summed E-state index contributed by atoms with van der Waals surface area (Å²) in [5.41, 5.74) is 1.97. The second-order valence-corrected chi connectivity index (χ2v) is 4.03. The van der Waals surface area contributed by atoms with Gasteiger partial charge in [0.25, 0.3) is 0 Å². The summed E-state index contributed by atoms with van der Waals surface area (Å²) in [6.07, 6.45) is 7.43. The summed E-state index contributed by atoms with van der Waals surface area (Å²) < 4.78 is 0.632. The molecule has 0 saturated heterocycles. The predicted molar refractivity (Wildman–Crippen MR) is 69.8 cm³/mol. The quantitative estimate of drug-likeness (QED) is 0.644. The minimum Gasteiger partial charge on any atom is -0.337 e. The molecule has 16 heavy (non-hydrogen) atoms. The third-order valence-electron chi connectivity index (χ3n) is 2.04. The normalized spacial score (nSPS) is 10.8. The van der Waals surface area contributed by atoms with Gasteiger partial charge in [-0.25, -0.2) is 0 Å². The number of rotatable bonds is 2. The molecule has 0 aliphatic rings. The lowest BCUT2D eigenvalue weighted by atomic mass is 10.2. The van der Waals surface area contributed by atoms with E-state index in [1.165, 1.54) is 0 Å². The number of aromatic amines is 1. The number of hydrogen-bond acceptors (Lipinski definition) is 2. The summed E-state index contributed by atoms with van der Waals surface area (Å²) in [6.45, 7) is 0. The minimum atomic E-state index is 0.545. The molecule has 4 heteroatoms. The zero-order valence-corrected chi connectivity index (χ0v) is 9.92. The van der Waals surface area contributed by atoms with Gasteiger partial charge < -0.3 is 4.98 Å². The third-order valence-corrected chi connectivity index (χ3v) is 2.60. The fourth-order valence-electron chi connectivity index (χ4n) is 1.25. The van der Waals surface area contributed by atoms with Crippen LogP contribution in [0.1, 0.15) is 11.1 Å². The minimum absolute atomic E-state index is 0.545. The standard InChI is InChI=1S/C12H9ClN2S/c13-11-6-5-10(12(16)15-11)4-3-9-2-1-7-14-8-9/h1-8H,(H,15,16)/b4-3+. The van der Waals surface area contributed by atoms with E-state index in [4.69, 9.17) is 23.8 Å². The Morgan fingerprint density at radius 2 is 2.12 bits per heavy atom. The first-order valence-electron chi connectivity index (χ1n) is 4.72. The number of nitrogens with one attached hydrogen (secondary N) is 1. The maximum Gasteiger partial charge on any atom is 0.111 e. The van der Waals surface area contributed by atoms with Gasteiger partial charge in [0, 0.05) is 18.0 Å². The molecular weight excluding hydrogens is 240 g/mol. The van der Waals surface area contributed by atoms with Crippen LogP contribution in [0.2, 0.25) is 5.15 Å². The molecule has 0 fully saturated rings. The van der Waals surface area contributed by atoms with Crippen LogP contribution in [0.25, 0.3) is 12.2 Å². The van der Waals surface area contributed by atoms with Gasteiger partial charge in [-0.15, -0.1) is 0 Å². The van der Waals surface area contributed by atoms with Crippen molar-refractivity contribution in [3.63, 3.8) is 0 Å². The van der Waals surface area contributed by atoms with Crippen molar-refractivity contribution in [1.29, 1.82) is 0 Å². The largest absolute Gasteiger partial charge is 0.337 e. The van der Waals surface area contributed by atoms with Crippen molar-refractivity contribution in [1.82, 2.24) is 9.97 Å². The predicted octanol–water partition coefficient (Wildman–Crippen LogP) is 3.96. The Labute approximate surface area is 104 Å². The SMILES string of the molecule is S=c1[nH]c(Cl)ccc1/C=C/c1cccnc1. The third kappa shape index (κ3) is 2.78. The summed E-state index contributed by atoms with van der Waals surface area (Å²) in [6, 6.07) is 7.53. The van der Waals surface area contributed by atoms with Crippen LogP contribution in [0.4, 0.5) is 0 Å². The molecule has 0 aliphatic heterocycles. The van der Waals surface area contributed by atoms with E-state index in [-0.39, 0.29) is 0 Å². The maximum atomic E-state index is 5.78. The Morgan fingerprint density at radius 3 is 2.81 bits per heavy atom. The first-order chi connectivity index (χ1) is 7.75. The van der Waals surface area contributed by atoms with Gasteiger partial charge in [0.15, 0.2) is 0 Å². The lowest BCUT2D eigenvalue weighted by Crippen LogP contribution is -1.80. The zero-order valence-electron chi connectivity index (χ0n) is 8.35. The molecule has 2 nitrogen and oxygen atoms in total. The van der Waals surface area contributed by atoms with Crippen molar-refractivity contribution in [3.05, 3.63) is 57.6 Å². The molecule has 0 atom stereocenters. The average Bonchev–Trinajstić information content (AvgIpc) is 2.29. The van der Waals surface area contributed by atoms with E-state index >= 15 is 0 Å². The number of nitrogens with zero attached hydrogens (tertiary/aromatic N) is 1. The van der Waals surface area contributed by atoms with Crippen molar-refractivity contribution >= 4 is 36.0 Å². The van der Waals surface area contributed by atoms with E-state index in [0.29, 0.717) is 9.79 Å². The summed E-state index contributed by atoms with van der Waals surface area (Å²) in [7, 11) is 0. The van der Waals surface area contributed by atoms with Gasteiger partial charge in [-0.3, -0.25) is 4.98 Å². The molecule has 2 aromatic heterocycles.